The van der Waals surface area contributed by atoms with Crippen LogP contribution in [0.2, 0.25) is 0 Å². The third kappa shape index (κ3) is 7.25. The van der Waals surface area contributed by atoms with Crippen LogP contribution in [0.15, 0.2) is 0 Å². The molecule has 0 spiro atoms. The van der Waals surface area contributed by atoms with Gasteiger partial charge < -0.3 is 10.5 Å². The zero-order valence-electron chi connectivity index (χ0n) is 14.2. The third-order valence-electron chi connectivity index (χ3n) is 4.76. The van der Waals surface area contributed by atoms with Crippen LogP contribution >= 0.6 is 0 Å². The molecular weight excluding hydrogens is 280 g/mol. The van der Waals surface area contributed by atoms with Crippen molar-refractivity contribution in [2.45, 2.75) is 70.3 Å². The van der Waals surface area contributed by atoms with Crippen molar-refractivity contribution in [2.75, 3.05) is 20.7 Å². The minimum absolute atomic E-state index is 0.149. The van der Waals surface area contributed by atoms with Gasteiger partial charge in [-0.05, 0) is 38.8 Å². The van der Waals surface area contributed by atoms with Crippen molar-refractivity contribution >= 4 is 11.9 Å². The standard InChI is InChI=1S/C17H32N2O3/c1-19(12-8-4-7-11-16(20)22-2)15(17(18)21)13-14-9-5-3-6-10-14/h14-15H,3-13H2,1-2H3,(H2,18,21)/t15-/m0/s1. The molecule has 0 aromatic rings. The van der Waals surface area contributed by atoms with Gasteiger partial charge >= 0.3 is 5.97 Å². The first-order valence-electron chi connectivity index (χ1n) is 8.61. The molecule has 0 unspecified atom stereocenters. The van der Waals surface area contributed by atoms with Gasteiger partial charge in [-0.3, -0.25) is 14.5 Å². The Kier molecular flexibility index (Phi) is 9.13. The van der Waals surface area contributed by atoms with Crippen LogP contribution in [0.3, 0.4) is 0 Å². The Labute approximate surface area is 134 Å². The lowest BCUT2D eigenvalue weighted by Crippen LogP contribution is -2.44. The number of amides is 1. The van der Waals surface area contributed by atoms with Gasteiger partial charge in [-0.2, -0.15) is 0 Å². The van der Waals surface area contributed by atoms with E-state index in [0.717, 1.165) is 32.2 Å². The van der Waals surface area contributed by atoms with Gasteiger partial charge in [0.2, 0.25) is 5.91 Å². The van der Waals surface area contributed by atoms with E-state index in [0.29, 0.717) is 12.3 Å². The number of carbonyl (C=O) groups is 2. The summed E-state index contributed by atoms with van der Waals surface area (Å²) in [4.78, 5) is 24.9. The van der Waals surface area contributed by atoms with E-state index in [-0.39, 0.29) is 17.9 Å². The summed E-state index contributed by atoms with van der Waals surface area (Å²) >= 11 is 0. The van der Waals surface area contributed by atoms with Crippen molar-refractivity contribution in [3.8, 4) is 0 Å². The Morgan fingerprint density at radius 3 is 2.45 bits per heavy atom. The van der Waals surface area contributed by atoms with Crippen LogP contribution in [0.25, 0.3) is 0 Å². The van der Waals surface area contributed by atoms with E-state index in [2.05, 4.69) is 9.64 Å². The second-order valence-corrected chi connectivity index (χ2v) is 6.53. The number of rotatable bonds is 10. The van der Waals surface area contributed by atoms with Gasteiger partial charge in [0.15, 0.2) is 0 Å². The molecule has 0 radical (unpaired) electrons. The molecule has 0 bridgehead atoms. The van der Waals surface area contributed by atoms with Crippen molar-refractivity contribution in [1.29, 1.82) is 0 Å². The van der Waals surface area contributed by atoms with Crippen molar-refractivity contribution in [3.05, 3.63) is 0 Å². The van der Waals surface area contributed by atoms with E-state index in [4.69, 9.17) is 5.73 Å². The zero-order chi connectivity index (χ0) is 16.4. The highest BCUT2D eigenvalue weighted by molar-refractivity contribution is 5.79. The average molecular weight is 312 g/mol. The third-order valence-corrected chi connectivity index (χ3v) is 4.76. The van der Waals surface area contributed by atoms with E-state index in [1.54, 1.807) is 0 Å². The molecule has 1 aliphatic rings. The van der Waals surface area contributed by atoms with Gasteiger partial charge in [0.1, 0.15) is 0 Å². The number of hydrogen-bond donors (Lipinski definition) is 1. The number of esters is 1. The van der Waals surface area contributed by atoms with Crippen LogP contribution in [0, 0.1) is 5.92 Å². The molecule has 5 nitrogen and oxygen atoms in total. The van der Waals surface area contributed by atoms with E-state index in [1.807, 2.05) is 7.05 Å². The van der Waals surface area contributed by atoms with Crippen molar-refractivity contribution in [2.24, 2.45) is 11.7 Å². The SMILES string of the molecule is COC(=O)CCCCCN(C)[C@@H](CC1CCCCC1)C(N)=O. The van der Waals surface area contributed by atoms with Crippen molar-refractivity contribution in [3.63, 3.8) is 0 Å². The molecule has 128 valence electrons. The Morgan fingerprint density at radius 1 is 1.18 bits per heavy atom. The summed E-state index contributed by atoms with van der Waals surface area (Å²) in [6.45, 7) is 0.849. The van der Waals surface area contributed by atoms with Crippen molar-refractivity contribution < 1.29 is 14.3 Å². The topological polar surface area (TPSA) is 72.6 Å². The van der Waals surface area contributed by atoms with Gasteiger partial charge in [-0.1, -0.05) is 38.5 Å². The normalized spacial score (nSPS) is 17.4. The van der Waals surface area contributed by atoms with Gasteiger partial charge in [-0.15, -0.1) is 0 Å². The molecule has 0 saturated heterocycles. The fourth-order valence-electron chi connectivity index (χ4n) is 3.32. The van der Waals surface area contributed by atoms with E-state index in [9.17, 15) is 9.59 Å². The summed E-state index contributed by atoms with van der Waals surface area (Å²) in [6, 6.07) is -0.149. The minimum Gasteiger partial charge on any atom is -0.469 e. The molecule has 2 N–H and O–H groups in total. The number of hydrogen-bond acceptors (Lipinski definition) is 4. The van der Waals surface area contributed by atoms with Gasteiger partial charge in [-0.25, -0.2) is 0 Å². The number of primary amides is 1. The Hall–Kier alpha value is -1.10. The molecule has 22 heavy (non-hydrogen) atoms. The first-order chi connectivity index (χ1) is 10.5. The van der Waals surface area contributed by atoms with Crippen LogP contribution in [0.4, 0.5) is 0 Å². The highest BCUT2D eigenvalue weighted by Gasteiger charge is 2.25. The molecule has 1 aliphatic carbocycles. The Balaban J connectivity index is 2.27. The number of likely N-dealkylation sites (N-methyl/N-ethyl adjacent to an activating group) is 1. The number of unbranched alkanes of at least 4 members (excludes halogenated alkanes) is 2. The van der Waals surface area contributed by atoms with Crippen LogP contribution in [0.1, 0.15) is 64.2 Å². The van der Waals surface area contributed by atoms with Gasteiger partial charge in [0, 0.05) is 6.42 Å². The van der Waals surface area contributed by atoms with E-state index in [1.165, 1.54) is 39.2 Å². The molecule has 0 heterocycles. The maximum absolute atomic E-state index is 11.8. The number of carbonyl (C=O) groups excluding carboxylic acids is 2. The molecule has 1 saturated carbocycles. The highest BCUT2D eigenvalue weighted by Crippen LogP contribution is 2.28. The zero-order valence-corrected chi connectivity index (χ0v) is 14.2. The van der Waals surface area contributed by atoms with E-state index < -0.39 is 0 Å². The van der Waals surface area contributed by atoms with E-state index >= 15 is 0 Å². The van der Waals surface area contributed by atoms with Crippen LogP contribution < -0.4 is 5.73 Å². The number of methoxy groups -OCH3 is 1. The Morgan fingerprint density at radius 2 is 1.86 bits per heavy atom. The summed E-state index contributed by atoms with van der Waals surface area (Å²) < 4.78 is 4.62. The number of nitrogens with zero attached hydrogens (tertiary/aromatic N) is 1. The monoisotopic (exact) mass is 312 g/mol. The summed E-state index contributed by atoms with van der Waals surface area (Å²) in [5.74, 6) is 0.288. The number of nitrogens with two attached hydrogens (primary N) is 1. The quantitative estimate of drug-likeness (QED) is 0.497. The van der Waals surface area contributed by atoms with Crippen molar-refractivity contribution in [1.82, 2.24) is 4.90 Å². The second-order valence-electron chi connectivity index (χ2n) is 6.53. The lowest BCUT2D eigenvalue weighted by Gasteiger charge is -2.30. The first-order valence-corrected chi connectivity index (χ1v) is 8.61. The molecule has 1 amide bonds. The first kappa shape index (κ1) is 18.9. The molecule has 1 rings (SSSR count). The maximum atomic E-state index is 11.8. The number of ether oxygens (including phenoxy) is 1. The summed E-state index contributed by atoms with van der Waals surface area (Å²) in [6.07, 6.45) is 10.5. The summed E-state index contributed by atoms with van der Waals surface area (Å²) in [5, 5.41) is 0. The van der Waals surface area contributed by atoms with Crippen LogP contribution in [-0.2, 0) is 14.3 Å². The second kappa shape index (κ2) is 10.6. The molecular formula is C17H32N2O3. The predicted molar refractivity (Wildman–Crippen MR) is 87.3 cm³/mol. The largest absolute Gasteiger partial charge is 0.469 e. The molecule has 1 fully saturated rings. The van der Waals surface area contributed by atoms with Crippen LogP contribution in [-0.4, -0.2) is 43.5 Å². The van der Waals surface area contributed by atoms with Crippen LogP contribution in [0.5, 0.6) is 0 Å². The molecule has 0 aliphatic heterocycles. The summed E-state index contributed by atoms with van der Waals surface area (Å²) in [5.41, 5.74) is 5.60. The highest BCUT2D eigenvalue weighted by atomic mass is 16.5. The van der Waals surface area contributed by atoms with Gasteiger partial charge in [0.25, 0.3) is 0 Å². The Bertz CT molecular complexity index is 341. The molecule has 0 aromatic heterocycles. The smallest absolute Gasteiger partial charge is 0.305 e. The predicted octanol–water partition coefficient (Wildman–Crippen LogP) is 2.48. The minimum atomic E-state index is -0.206. The molecule has 0 aromatic carbocycles. The maximum Gasteiger partial charge on any atom is 0.305 e. The summed E-state index contributed by atoms with van der Waals surface area (Å²) in [7, 11) is 3.40. The van der Waals surface area contributed by atoms with Gasteiger partial charge in [0.05, 0.1) is 13.2 Å². The average Bonchev–Trinajstić information content (AvgIpc) is 2.52. The fraction of sp³-hybridized carbons (Fsp3) is 0.882. The fourth-order valence-corrected chi connectivity index (χ4v) is 3.32. The molecule has 5 heteroatoms. The lowest BCUT2D eigenvalue weighted by atomic mass is 9.84. The lowest BCUT2D eigenvalue weighted by molar-refractivity contribution is -0.140. The molecule has 1 atom stereocenters.